The van der Waals surface area contributed by atoms with Gasteiger partial charge in [0.1, 0.15) is 0 Å². The van der Waals surface area contributed by atoms with E-state index in [1.807, 2.05) is 31.2 Å². The highest BCUT2D eigenvalue weighted by atomic mass is 35.5. The maximum Gasteiger partial charge on any atom is 0.220 e. The molecule has 0 saturated carbocycles. The molecule has 0 spiro atoms. The monoisotopic (exact) mass is 282 g/mol. The Balaban J connectivity index is 2.40. The van der Waals surface area contributed by atoms with Crippen LogP contribution in [-0.2, 0) is 11.2 Å². The average Bonchev–Trinajstić information content (AvgIpc) is 2.38. The summed E-state index contributed by atoms with van der Waals surface area (Å²) in [7, 11) is 0. The summed E-state index contributed by atoms with van der Waals surface area (Å²) in [6.07, 6.45) is 2.26. The molecule has 4 heteroatoms. The lowest BCUT2D eigenvalue weighted by molar-refractivity contribution is -0.122. The van der Waals surface area contributed by atoms with Gasteiger partial charge in [0, 0.05) is 17.5 Å². The second-order valence-corrected chi connectivity index (χ2v) is 5.45. The second-order valence-electron chi connectivity index (χ2n) is 5.01. The van der Waals surface area contributed by atoms with E-state index >= 15 is 0 Å². The van der Waals surface area contributed by atoms with Crippen LogP contribution in [0.4, 0.5) is 0 Å². The highest BCUT2D eigenvalue weighted by Gasteiger charge is 2.13. The molecule has 0 aliphatic heterocycles. The zero-order valence-corrected chi connectivity index (χ0v) is 12.4. The van der Waals surface area contributed by atoms with E-state index < -0.39 is 0 Å². The zero-order valence-electron chi connectivity index (χ0n) is 11.7. The van der Waals surface area contributed by atoms with Crippen molar-refractivity contribution in [1.29, 1.82) is 0 Å². The fourth-order valence-corrected chi connectivity index (χ4v) is 2.14. The smallest absolute Gasteiger partial charge is 0.220 e. The van der Waals surface area contributed by atoms with Crippen LogP contribution in [0.3, 0.4) is 0 Å². The number of nitrogens with one attached hydrogen (secondary N) is 1. The van der Waals surface area contributed by atoms with Crippen LogP contribution in [0.1, 0.15) is 32.3 Å². The van der Waals surface area contributed by atoms with Gasteiger partial charge in [-0.05, 0) is 43.5 Å². The highest BCUT2D eigenvalue weighted by Crippen LogP contribution is 2.11. The lowest BCUT2D eigenvalue weighted by Crippen LogP contribution is -2.36. The molecule has 1 aromatic carbocycles. The third-order valence-electron chi connectivity index (χ3n) is 3.25. The summed E-state index contributed by atoms with van der Waals surface area (Å²) < 4.78 is 0. The summed E-state index contributed by atoms with van der Waals surface area (Å²) in [5, 5.41) is 3.75. The lowest BCUT2D eigenvalue weighted by Gasteiger charge is -2.17. The van der Waals surface area contributed by atoms with Gasteiger partial charge < -0.3 is 11.1 Å². The van der Waals surface area contributed by atoms with Crippen LogP contribution < -0.4 is 11.1 Å². The summed E-state index contributed by atoms with van der Waals surface area (Å²) in [4.78, 5) is 11.8. The van der Waals surface area contributed by atoms with Crippen LogP contribution >= 0.6 is 11.6 Å². The van der Waals surface area contributed by atoms with Gasteiger partial charge in [0.15, 0.2) is 0 Å². The van der Waals surface area contributed by atoms with Crippen molar-refractivity contribution < 1.29 is 4.79 Å². The van der Waals surface area contributed by atoms with Crippen molar-refractivity contribution in [2.24, 2.45) is 11.7 Å². The van der Waals surface area contributed by atoms with Crippen LogP contribution in [0.5, 0.6) is 0 Å². The van der Waals surface area contributed by atoms with Crippen molar-refractivity contribution in [2.75, 3.05) is 6.54 Å². The molecular weight excluding hydrogens is 260 g/mol. The van der Waals surface area contributed by atoms with Crippen molar-refractivity contribution in [1.82, 2.24) is 5.32 Å². The van der Waals surface area contributed by atoms with Crippen LogP contribution in [0.25, 0.3) is 0 Å². The van der Waals surface area contributed by atoms with E-state index in [4.69, 9.17) is 17.3 Å². The van der Waals surface area contributed by atoms with E-state index in [0.29, 0.717) is 13.0 Å². The SMILES string of the molecule is CCC(CN)CC(=O)NC(C)Cc1ccc(Cl)cc1. The molecule has 1 amide bonds. The third kappa shape index (κ3) is 6.08. The third-order valence-corrected chi connectivity index (χ3v) is 3.50. The number of hydrogen-bond acceptors (Lipinski definition) is 2. The predicted octanol–water partition coefficient (Wildman–Crippen LogP) is 2.76. The lowest BCUT2D eigenvalue weighted by atomic mass is 10.0. The van der Waals surface area contributed by atoms with Gasteiger partial charge >= 0.3 is 0 Å². The molecule has 0 aliphatic carbocycles. The molecule has 0 aliphatic rings. The second kappa shape index (κ2) is 8.18. The van der Waals surface area contributed by atoms with Gasteiger partial charge in [0.05, 0.1) is 0 Å². The summed E-state index contributed by atoms with van der Waals surface area (Å²) in [5.41, 5.74) is 6.78. The first-order valence-electron chi connectivity index (χ1n) is 6.79. The maximum atomic E-state index is 11.8. The Labute approximate surface area is 120 Å². The van der Waals surface area contributed by atoms with E-state index in [-0.39, 0.29) is 17.9 Å². The van der Waals surface area contributed by atoms with E-state index in [9.17, 15) is 4.79 Å². The molecule has 106 valence electrons. The van der Waals surface area contributed by atoms with Gasteiger partial charge in [-0.2, -0.15) is 0 Å². The van der Waals surface area contributed by atoms with Crippen molar-refractivity contribution >= 4 is 17.5 Å². The van der Waals surface area contributed by atoms with Crippen LogP contribution in [0.15, 0.2) is 24.3 Å². The van der Waals surface area contributed by atoms with Crippen molar-refractivity contribution in [3.8, 4) is 0 Å². The molecule has 1 aromatic rings. The number of halogens is 1. The van der Waals surface area contributed by atoms with E-state index in [2.05, 4.69) is 12.2 Å². The van der Waals surface area contributed by atoms with Gasteiger partial charge in [-0.25, -0.2) is 0 Å². The Hall–Kier alpha value is -1.06. The minimum absolute atomic E-state index is 0.0822. The molecule has 2 unspecified atom stereocenters. The maximum absolute atomic E-state index is 11.8. The molecule has 1 rings (SSSR count). The molecule has 2 atom stereocenters. The summed E-state index contributed by atoms with van der Waals surface area (Å²) >= 11 is 5.84. The fourth-order valence-electron chi connectivity index (χ4n) is 2.02. The first kappa shape index (κ1) is 16.0. The number of carbonyl (C=O) groups excluding carboxylic acids is 1. The first-order valence-corrected chi connectivity index (χ1v) is 7.16. The molecule has 0 saturated heterocycles. The minimum atomic E-state index is 0.0822. The Kier molecular flexibility index (Phi) is 6.89. The van der Waals surface area contributed by atoms with E-state index in [0.717, 1.165) is 17.9 Å². The summed E-state index contributed by atoms with van der Waals surface area (Å²) in [6, 6.07) is 7.82. The van der Waals surface area contributed by atoms with Gasteiger partial charge in [0.25, 0.3) is 0 Å². The van der Waals surface area contributed by atoms with Gasteiger partial charge in [0.2, 0.25) is 5.91 Å². The van der Waals surface area contributed by atoms with Gasteiger partial charge in [-0.1, -0.05) is 37.1 Å². The largest absolute Gasteiger partial charge is 0.353 e. The normalized spacial score (nSPS) is 13.9. The Morgan fingerprint density at radius 3 is 2.53 bits per heavy atom. The number of amides is 1. The highest BCUT2D eigenvalue weighted by molar-refractivity contribution is 6.30. The Bertz CT molecular complexity index is 388. The molecular formula is C15H23ClN2O. The van der Waals surface area contributed by atoms with Gasteiger partial charge in [-0.15, -0.1) is 0 Å². The number of benzene rings is 1. The average molecular weight is 283 g/mol. The molecule has 0 fully saturated rings. The molecule has 3 N–H and O–H groups in total. The standard InChI is InChI=1S/C15H23ClN2O/c1-3-12(10-17)9-15(19)18-11(2)8-13-4-6-14(16)7-5-13/h4-7,11-12H,3,8-10,17H2,1-2H3,(H,18,19). The topological polar surface area (TPSA) is 55.1 Å². The summed E-state index contributed by atoms with van der Waals surface area (Å²) in [5.74, 6) is 0.362. The molecule has 0 bridgehead atoms. The summed E-state index contributed by atoms with van der Waals surface area (Å²) in [6.45, 7) is 4.63. The molecule has 0 heterocycles. The fraction of sp³-hybridized carbons (Fsp3) is 0.533. The predicted molar refractivity (Wildman–Crippen MR) is 80.2 cm³/mol. The number of hydrogen-bond donors (Lipinski definition) is 2. The van der Waals surface area contributed by atoms with Crippen LogP contribution in [0.2, 0.25) is 5.02 Å². The molecule has 3 nitrogen and oxygen atoms in total. The first-order chi connectivity index (χ1) is 9.05. The number of carbonyl (C=O) groups is 1. The molecule has 0 radical (unpaired) electrons. The van der Waals surface area contributed by atoms with Gasteiger partial charge in [-0.3, -0.25) is 4.79 Å². The van der Waals surface area contributed by atoms with Crippen molar-refractivity contribution in [3.63, 3.8) is 0 Å². The van der Waals surface area contributed by atoms with E-state index in [1.54, 1.807) is 0 Å². The molecule has 19 heavy (non-hydrogen) atoms. The molecule has 0 aromatic heterocycles. The Morgan fingerprint density at radius 2 is 2.00 bits per heavy atom. The number of rotatable bonds is 7. The quantitative estimate of drug-likeness (QED) is 0.808. The van der Waals surface area contributed by atoms with Crippen molar-refractivity contribution in [3.05, 3.63) is 34.9 Å². The minimum Gasteiger partial charge on any atom is -0.353 e. The Morgan fingerprint density at radius 1 is 1.37 bits per heavy atom. The van der Waals surface area contributed by atoms with Crippen LogP contribution in [0, 0.1) is 5.92 Å². The van der Waals surface area contributed by atoms with E-state index in [1.165, 1.54) is 5.56 Å². The zero-order chi connectivity index (χ0) is 14.3. The van der Waals surface area contributed by atoms with Crippen molar-refractivity contribution in [2.45, 2.75) is 39.2 Å². The number of nitrogens with two attached hydrogens (primary N) is 1. The van der Waals surface area contributed by atoms with Crippen LogP contribution in [-0.4, -0.2) is 18.5 Å².